The van der Waals surface area contributed by atoms with E-state index in [4.69, 9.17) is 14.6 Å². The molecular formula is C14H19IN2O7. The van der Waals surface area contributed by atoms with Crippen LogP contribution in [0.3, 0.4) is 0 Å². The van der Waals surface area contributed by atoms with E-state index in [1.807, 2.05) is 22.6 Å². The van der Waals surface area contributed by atoms with Crippen molar-refractivity contribution in [1.29, 1.82) is 0 Å². The zero-order valence-corrected chi connectivity index (χ0v) is 15.6. The van der Waals surface area contributed by atoms with Gasteiger partial charge in [0.15, 0.2) is 0 Å². The minimum absolute atomic E-state index is 0.0943. The normalized spacial score (nSPS) is 12.4. The van der Waals surface area contributed by atoms with Crippen LogP contribution < -0.4 is 10.1 Å². The van der Waals surface area contributed by atoms with E-state index in [0.29, 0.717) is 3.57 Å². The van der Waals surface area contributed by atoms with E-state index in [9.17, 15) is 20.0 Å². The van der Waals surface area contributed by atoms with Gasteiger partial charge in [-0.15, -0.1) is 0 Å². The van der Waals surface area contributed by atoms with Crippen molar-refractivity contribution in [2.24, 2.45) is 0 Å². The Hall–Kier alpha value is -1.66. The molecule has 0 aliphatic heterocycles. The monoisotopic (exact) mass is 454 g/mol. The molecule has 0 radical (unpaired) electrons. The maximum Gasteiger partial charge on any atom is 0.412 e. The predicted molar refractivity (Wildman–Crippen MR) is 94.3 cm³/mol. The van der Waals surface area contributed by atoms with Crippen molar-refractivity contribution in [3.63, 3.8) is 0 Å². The van der Waals surface area contributed by atoms with Gasteiger partial charge >= 0.3 is 6.09 Å². The maximum atomic E-state index is 11.8. The van der Waals surface area contributed by atoms with Crippen molar-refractivity contribution in [2.45, 2.75) is 32.5 Å². The minimum atomic E-state index is -1.08. The highest BCUT2D eigenvalue weighted by atomic mass is 127. The molecule has 0 aliphatic carbocycles. The van der Waals surface area contributed by atoms with Crippen LogP contribution in [-0.2, 0) is 4.74 Å². The van der Waals surface area contributed by atoms with Crippen LogP contribution in [0.1, 0.15) is 20.8 Å². The van der Waals surface area contributed by atoms with E-state index in [1.54, 1.807) is 20.8 Å². The number of hydrogen-bond donors (Lipinski definition) is 3. The zero-order valence-electron chi connectivity index (χ0n) is 13.4. The number of nitrogens with one attached hydrogen (secondary N) is 1. The summed E-state index contributed by atoms with van der Waals surface area (Å²) in [7, 11) is 0. The van der Waals surface area contributed by atoms with Gasteiger partial charge in [-0.05, 0) is 43.4 Å². The summed E-state index contributed by atoms with van der Waals surface area (Å²) in [6.45, 7) is 4.32. The Morgan fingerprint density at radius 2 is 2.08 bits per heavy atom. The Bertz CT molecular complexity index is 616. The van der Waals surface area contributed by atoms with E-state index in [0.717, 1.165) is 0 Å². The van der Waals surface area contributed by atoms with Gasteiger partial charge in [0, 0.05) is 12.1 Å². The lowest BCUT2D eigenvalue weighted by Crippen LogP contribution is -2.27. The van der Waals surface area contributed by atoms with Crippen LogP contribution >= 0.6 is 22.6 Å². The Kier molecular flexibility index (Phi) is 7.17. The summed E-state index contributed by atoms with van der Waals surface area (Å²) in [5.74, 6) is 0.222. The number of aliphatic hydroxyl groups is 2. The highest BCUT2D eigenvalue weighted by Crippen LogP contribution is 2.34. The Morgan fingerprint density at radius 1 is 1.46 bits per heavy atom. The Morgan fingerprint density at radius 3 is 2.58 bits per heavy atom. The fraction of sp³-hybridized carbons (Fsp3) is 0.500. The highest BCUT2D eigenvalue weighted by Gasteiger charge is 2.23. The number of carbonyl (C=O) groups excluding carboxylic acids is 1. The number of anilines is 1. The third kappa shape index (κ3) is 6.45. The van der Waals surface area contributed by atoms with Crippen LogP contribution in [0.4, 0.5) is 16.2 Å². The van der Waals surface area contributed by atoms with Gasteiger partial charge in [-0.2, -0.15) is 0 Å². The predicted octanol–water partition coefficient (Wildman–Crippen LogP) is 2.28. The van der Waals surface area contributed by atoms with Crippen LogP contribution in [-0.4, -0.2) is 46.1 Å². The van der Waals surface area contributed by atoms with Crippen molar-refractivity contribution in [1.82, 2.24) is 0 Å². The van der Waals surface area contributed by atoms with Crippen LogP contribution in [0.15, 0.2) is 12.1 Å². The Labute approximate surface area is 152 Å². The number of rotatable bonds is 6. The molecule has 1 unspecified atom stereocenters. The van der Waals surface area contributed by atoms with Crippen LogP contribution in [0, 0.1) is 13.7 Å². The molecule has 0 spiro atoms. The maximum absolute atomic E-state index is 11.8. The smallest absolute Gasteiger partial charge is 0.412 e. The molecule has 0 fully saturated rings. The summed E-state index contributed by atoms with van der Waals surface area (Å²) >= 11 is 1.83. The van der Waals surface area contributed by atoms with Gasteiger partial charge in [0.2, 0.25) is 0 Å². The third-order valence-corrected chi connectivity index (χ3v) is 3.37. The van der Waals surface area contributed by atoms with Crippen molar-refractivity contribution < 1.29 is 29.4 Å². The highest BCUT2D eigenvalue weighted by molar-refractivity contribution is 14.1. The van der Waals surface area contributed by atoms with Crippen molar-refractivity contribution in [2.75, 3.05) is 18.5 Å². The number of amides is 1. The number of nitro benzene ring substituents is 1. The number of nitro groups is 1. The number of benzene rings is 1. The molecule has 3 N–H and O–H groups in total. The lowest BCUT2D eigenvalue weighted by atomic mass is 10.2. The van der Waals surface area contributed by atoms with Crippen LogP contribution in [0.25, 0.3) is 0 Å². The summed E-state index contributed by atoms with van der Waals surface area (Å²) in [4.78, 5) is 22.4. The average molecular weight is 454 g/mol. The molecule has 0 aliphatic rings. The van der Waals surface area contributed by atoms with E-state index < -0.39 is 29.3 Å². The lowest BCUT2D eigenvalue weighted by Gasteiger charge is -2.20. The molecule has 1 aromatic carbocycles. The fourth-order valence-electron chi connectivity index (χ4n) is 1.56. The van der Waals surface area contributed by atoms with E-state index >= 15 is 0 Å². The molecule has 134 valence electrons. The molecule has 0 aromatic heterocycles. The van der Waals surface area contributed by atoms with Gasteiger partial charge in [-0.1, -0.05) is 0 Å². The standard InChI is InChI=1S/C14H19IN2O7/c1-14(2,3)24-13(20)16-10-5-12(23-7-8(19)6-18)9(15)4-11(10)17(21)22/h4-5,8,18-19H,6-7H2,1-3H3,(H,16,20). The second-order valence-electron chi connectivity index (χ2n) is 5.83. The largest absolute Gasteiger partial charge is 0.490 e. The molecule has 1 rings (SSSR count). The number of aliphatic hydroxyl groups excluding tert-OH is 2. The van der Waals surface area contributed by atoms with E-state index in [2.05, 4.69) is 5.32 Å². The summed E-state index contributed by atoms with van der Waals surface area (Å²) < 4.78 is 10.8. The molecule has 10 heteroatoms. The second-order valence-corrected chi connectivity index (χ2v) is 6.99. The summed E-state index contributed by atoms with van der Waals surface area (Å²) in [6.07, 6.45) is -1.92. The van der Waals surface area contributed by atoms with Gasteiger partial charge in [-0.25, -0.2) is 4.79 Å². The first kappa shape index (κ1) is 20.4. The number of halogens is 1. The molecule has 1 amide bonds. The van der Waals surface area contributed by atoms with E-state index in [-0.39, 0.29) is 23.7 Å². The number of hydrogen-bond acceptors (Lipinski definition) is 7. The summed E-state index contributed by atoms with van der Waals surface area (Å²) in [5, 5.41) is 31.6. The molecule has 9 nitrogen and oxygen atoms in total. The molecule has 0 heterocycles. The molecular weight excluding hydrogens is 435 g/mol. The van der Waals surface area contributed by atoms with Gasteiger partial charge in [-0.3, -0.25) is 15.4 Å². The average Bonchev–Trinajstić information content (AvgIpc) is 2.44. The number of nitrogens with zero attached hydrogens (tertiary/aromatic N) is 1. The van der Waals surface area contributed by atoms with Gasteiger partial charge in [0.1, 0.15) is 29.7 Å². The summed E-state index contributed by atoms with van der Waals surface area (Å²) in [5.41, 5.74) is -1.17. The van der Waals surface area contributed by atoms with Gasteiger partial charge in [0.25, 0.3) is 5.69 Å². The minimum Gasteiger partial charge on any atom is -0.490 e. The molecule has 1 atom stereocenters. The Balaban J connectivity index is 3.06. The first-order valence-corrected chi connectivity index (χ1v) is 8.01. The second kappa shape index (κ2) is 8.44. The van der Waals surface area contributed by atoms with Crippen molar-refractivity contribution in [3.8, 4) is 5.75 Å². The molecule has 0 bridgehead atoms. The molecule has 24 heavy (non-hydrogen) atoms. The lowest BCUT2D eigenvalue weighted by molar-refractivity contribution is -0.384. The van der Waals surface area contributed by atoms with Crippen LogP contribution in [0.2, 0.25) is 0 Å². The van der Waals surface area contributed by atoms with Crippen molar-refractivity contribution >= 4 is 40.1 Å². The zero-order chi connectivity index (χ0) is 18.5. The fourth-order valence-corrected chi connectivity index (χ4v) is 2.16. The first-order valence-electron chi connectivity index (χ1n) is 6.93. The molecule has 0 saturated carbocycles. The van der Waals surface area contributed by atoms with Gasteiger partial charge in [0.05, 0.1) is 15.1 Å². The number of carbonyl (C=O) groups is 1. The topological polar surface area (TPSA) is 131 Å². The quantitative estimate of drug-likeness (QED) is 0.342. The molecule has 1 aromatic rings. The third-order valence-electron chi connectivity index (χ3n) is 2.52. The van der Waals surface area contributed by atoms with Crippen LogP contribution in [0.5, 0.6) is 5.75 Å². The van der Waals surface area contributed by atoms with E-state index in [1.165, 1.54) is 12.1 Å². The number of ether oxygens (including phenoxy) is 2. The molecule has 0 saturated heterocycles. The van der Waals surface area contributed by atoms with Crippen molar-refractivity contribution in [3.05, 3.63) is 25.8 Å². The summed E-state index contributed by atoms with van der Waals surface area (Å²) in [6, 6.07) is 2.50. The van der Waals surface area contributed by atoms with Gasteiger partial charge < -0.3 is 19.7 Å². The first-order chi connectivity index (χ1) is 11.0. The SMILES string of the molecule is CC(C)(C)OC(=O)Nc1cc(OCC(O)CO)c(I)cc1[N+](=O)[O-].